The number of carbonyl (C=O) groups is 3. The second-order valence-electron chi connectivity index (χ2n) is 6.74. The summed E-state index contributed by atoms with van der Waals surface area (Å²) in [6.45, 7) is 0. The maximum atomic E-state index is 12.4. The predicted octanol–water partition coefficient (Wildman–Crippen LogP) is -0.396. The van der Waals surface area contributed by atoms with E-state index in [1.165, 1.54) is 43.4 Å². The lowest BCUT2D eigenvalue weighted by molar-refractivity contribution is -0.128. The van der Waals surface area contributed by atoms with Crippen LogP contribution in [0, 0.1) is 0 Å². The minimum Gasteiger partial charge on any atom is -0.504 e. The van der Waals surface area contributed by atoms with Crippen LogP contribution in [-0.2, 0) is 22.4 Å². The van der Waals surface area contributed by atoms with Crippen LogP contribution in [0.3, 0.4) is 0 Å². The highest BCUT2D eigenvalue weighted by Gasteiger charge is 2.23. The van der Waals surface area contributed by atoms with Gasteiger partial charge in [-0.3, -0.25) is 9.59 Å². The predicted molar refractivity (Wildman–Crippen MR) is 109 cm³/mol. The van der Waals surface area contributed by atoms with E-state index in [-0.39, 0.29) is 35.8 Å². The minimum atomic E-state index is -1.12. The summed E-state index contributed by atoms with van der Waals surface area (Å²) in [6, 6.07) is 5.96. The van der Waals surface area contributed by atoms with Crippen molar-refractivity contribution in [1.82, 2.24) is 10.6 Å². The largest absolute Gasteiger partial charge is 0.504 e. The summed E-state index contributed by atoms with van der Waals surface area (Å²) in [5, 5.41) is 33.4. The number of rotatable bonds is 8. The summed E-state index contributed by atoms with van der Waals surface area (Å²) in [4.78, 5) is 35.6. The molecule has 2 rings (SSSR count). The van der Waals surface area contributed by atoms with E-state index in [0.717, 1.165) is 0 Å². The van der Waals surface area contributed by atoms with Crippen molar-refractivity contribution >= 4 is 17.9 Å². The minimum absolute atomic E-state index is 0.0362. The summed E-state index contributed by atoms with van der Waals surface area (Å²) in [5.41, 5.74) is 12.2. The van der Waals surface area contributed by atoms with Crippen LogP contribution in [0.15, 0.2) is 36.4 Å². The molecule has 0 saturated carbocycles. The van der Waals surface area contributed by atoms with Gasteiger partial charge in [0.15, 0.2) is 23.0 Å². The molecular formula is C20H24N4O7. The standard InChI is InChI=1S/C20H24N4O7/c1-23-20(30)31-17-9-11(3-5-15(17)26)7-13(18(22)28)24-19(29)12(21)6-10-2-4-14(25)16(27)8-10/h2-5,8-9,12-13,25-27H,6-7,21H2,1H3,(H2,22,28)(H,23,30)(H,24,29)/t12-,13-/m0/s1. The van der Waals surface area contributed by atoms with Crippen molar-refractivity contribution in [3.05, 3.63) is 47.5 Å². The molecular weight excluding hydrogens is 408 g/mol. The lowest BCUT2D eigenvalue weighted by Gasteiger charge is -2.19. The van der Waals surface area contributed by atoms with E-state index in [9.17, 15) is 29.7 Å². The van der Waals surface area contributed by atoms with Gasteiger partial charge in [0.05, 0.1) is 6.04 Å². The second kappa shape index (κ2) is 10.2. The summed E-state index contributed by atoms with van der Waals surface area (Å²) in [6.07, 6.45) is -0.800. The summed E-state index contributed by atoms with van der Waals surface area (Å²) in [7, 11) is 1.35. The van der Waals surface area contributed by atoms with Gasteiger partial charge < -0.3 is 42.2 Å². The Morgan fingerprint density at radius 1 is 0.968 bits per heavy atom. The molecule has 0 aliphatic heterocycles. The number of hydrogen-bond acceptors (Lipinski definition) is 8. The molecule has 0 aliphatic carbocycles. The molecule has 11 heteroatoms. The molecule has 9 N–H and O–H groups in total. The van der Waals surface area contributed by atoms with Crippen LogP contribution >= 0.6 is 0 Å². The van der Waals surface area contributed by atoms with Crippen molar-refractivity contribution in [2.24, 2.45) is 11.5 Å². The fourth-order valence-electron chi connectivity index (χ4n) is 2.70. The summed E-state index contributed by atoms with van der Waals surface area (Å²) in [5.74, 6) is -2.53. The Morgan fingerprint density at radius 2 is 1.58 bits per heavy atom. The zero-order valence-electron chi connectivity index (χ0n) is 16.7. The zero-order valence-corrected chi connectivity index (χ0v) is 16.7. The first kappa shape index (κ1) is 23.3. The summed E-state index contributed by atoms with van der Waals surface area (Å²) >= 11 is 0. The topological polar surface area (TPSA) is 197 Å². The van der Waals surface area contributed by atoms with Gasteiger partial charge in [0.25, 0.3) is 0 Å². The van der Waals surface area contributed by atoms with Crippen molar-refractivity contribution in [2.45, 2.75) is 24.9 Å². The van der Waals surface area contributed by atoms with E-state index >= 15 is 0 Å². The first-order valence-corrected chi connectivity index (χ1v) is 9.18. The van der Waals surface area contributed by atoms with Crippen LogP contribution in [0.4, 0.5) is 4.79 Å². The maximum Gasteiger partial charge on any atom is 0.412 e. The van der Waals surface area contributed by atoms with Crippen molar-refractivity contribution in [2.75, 3.05) is 7.05 Å². The highest BCUT2D eigenvalue weighted by Crippen LogP contribution is 2.28. The lowest BCUT2D eigenvalue weighted by Crippen LogP contribution is -2.51. The van der Waals surface area contributed by atoms with Crippen LogP contribution < -0.4 is 26.8 Å². The number of hydrogen-bond donors (Lipinski definition) is 7. The Labute approximate surface area is 177 Å². The van der Waals surface area contributed by atoms with Gasteiger partial charge in [0, 0.05) is 13.5 Å². The molecule has 0 bridgehead atoms. The first-order chi connectivity index (χ1) is 14.6. The Morgan fingerprint density at radius 3 is 2.16 bits per heavy atom. The van der Waals surface area contributed by atoms with Gasteiger partial charge in [-0.2, -0.15) is 0 Å². The van der Waals surface area contributed by atoms with Crippen LogP contribution in [0.25, 0.3) is 0 Å². The van der Waals surface area contributed by atoms with Gasteiger partial charge in [0.1, 0.15) is 6.04 Å². The van der Waals surface area contributed by atoms with Gasteiger partial charge in [-0.05, 0) is 41.8 Å². The highest BCUT2D eigenvalue weighted by atomic mass is 16.6. The van der Waals surface area contributed by atoms with Crippen molar-refractivity contribution in [1.29, 1.82) is 0 Å². The number of amides is 3. The maximum absolute atomic E-state index is 12.4. The number of phenols is 3. The summed E-state index contributed by atoms with van der Waals surface area (Å²) < 4.78 is 4.92. The molecule has 0 aliphatic rings. The van der Waals surface area contributed by atoms with E-state index in [1.54, 1.807) is 0 Å². The fraction of sp³-hybridized carbons (Fsp3) is 0.250. The molecule has 0 saturated heterocycles. The number of aromatic hydroxyl groups is 3. The molecule has 166 valence electrons. The van der Waals surface area contributed by atoms with E-state index in [0.29, 0.717) is 11.1 Å². The molecule has 11 nitrogen and oxygen atoms in total. The van der Waals surface area contributed by atoms with Gasteiger partial charge in [-0.1, -0.05) is 12.1 Å². The number of carbonyl (C=O) groups excluding carboxylic acids is 3. The van der Waals surface area contributed by atoms with Gasteiger partial charge in [-0.25, -0.2) is 4.79 Å². The number of benzene rings is 2. The third kappa shape index (κ3) is 6.51. The molecule has 2 aromatic carbocycles. The van der Waals surface area contributed by atoms with E-state index in [2.05, 4.69) is 10.6 Å². The van der Waals surface area contributed by atoms with Gasteiger partial charge in [-0.15, -0.1) is 0 Å². The molecule has 0 radical (unpaired) electrons. The van der Waals surface area contributed by atoms with Crippen LogP contribution in [-0.4, -0.2) is 52.4 Å². The molecule has 0 aromatic heterocycles. The fourth-order valence-corrected chi connectivity index (χ4v) is 2.70. The molecule has 3 amide bonds. The third-order valence-electron chi connectivity index (χ3n) is 4.36. The average molecular weight is 432 g/mol. The van der Waals surface area contributed by atoms with Crippen LogP contribution in [0.2, 0.25) is 0 Å². The van der Waals surface area contributed by atoms with Crippen molar-refractivity contribution < 1.29 is 34.4 Å². The van der Waals surface area contributed by atoms with Crippen LogP contribution in [0.1, 0.15) is 11.1 Å². The zero-order chi connectivity index (χ0) is 23.1. The smallest absolute Gasteiger partial charge is 0.412 e. The molecule has 0 spiro atoms. The monoisotopic (exact) mass is 432 g/mol. The first-order valence-electron chi connectivity index (χ1n) is 9.18. The van der Waals surface area contributed by atoms with E-state index in [4.69, 9.17) is 16.2 Å². The van der Waals surface area contributed by atoms with Crippen molar-refractivity contribution in [3.8, 4) is 23.0 Å². The Kier molecular flexibility index (Phi) is 7.64. The van der Waals surface area contributed by atoms with E-state index in [1.807, 2.05) is 0 Å². The molecule has 2 aromatic rings. The Bertz CT molecular complexity index is 980. The quantitative estimate of drug-likeness (QED) is 0.273. The SMILES string of the molecule is CNC(=O)Oc1cc(C[C@H](NC(=O)[C@@H](N)Cc2ccc(O)c(O)c2)C(N)=O)ccc1O. The number of phenolic OH excluding ortho intramolecular Hbond substituents is 3. The Balaban J connectivity index is 2.07. The molecule has 0 fully saturated rings. The van der Waals surface area contributed by atoms with Gasteiger partial charge >= 0.3 is 6.09 Å². The average Bonchev–Trinajstić information content (AvgIpc) is 2.72. The van der Waals surface area contributed by atoms with Crippen molar-refractivity contribution in [3.63, 3.8) is 0 Å². The normalized spacial score (nSPS) is 12.5. The molecule has 31 heavy (non-hydrogen) atoms. The van der Waals surface area contributed by atoms with E-state index < -0.39 is 30.0 Å². The highest BCUT2D eigenvalue weighted by molar-refractivity contribution is 5.89. The number of nitrogens with one attached hydrogen (secondary N) is 2. The number of ether oxygens (including phenoxy) is 1. The second-order valence-corrected chi connectivity index (χ2v) is 6.74. The van der Waals surface area contributed by atoms with Crippen LogP contribution in [0.5, 0.6) is 23.0 Å². The molecule has 2 atom stereocenters. The Hall–Kier alpha value is -3.99. The number of nitrogens with two attached hydrogens (primary N) is 2. The molecule has 0 unspecified atom stereocenters. The van der Waals surface area contributed by atoms with Gasteiger partial charge in [0.2, 0.25) is 11.8 Å². The third-order valence-corrected chi connectivity index (χ3v) is 4.36. The molecule has 0 heterocycles. The lowest BCUT2D eigenvalue weighted by atomic mass is 10.0. The number of primary amides is 1.